The minimum absolute atomic E-state index is 0.493. The number of hydrogen-bond donors (Lipinski definition) is 3. The number of rotatable bonds is 2. The largest absolute Gasteiger partial charge is 0.417 e. The summed E-state index contributed by atoms with van der Waals surface area (Å²) >= 11 is 5.01. The van der Waals surface area contributed by atoms with Crippen LogP contribution in [0, 0.1) is 4.77 Å². The van der Waals surface area contributed by atoms with E-state index >= 15 is 0 Å². The standard InChI is InChI=1S/C14H11N3O2S/c18-14(19-10-4-2-1-3-5-10)15-9-6-7-11-12(8-9)17-13(20)16-11/h1-8H,(H,15,18)(H2,16,17,20). The predicted molar refractivity (Wildman–Crippen MR) is 79.6 cm³/mol. The van der Waals surface area contributed by atoms with E-state index in [4.69, 9.17) is 17.0 Å². The number of amides is 1. The van der Waals surface area contributed by atoms with Gasteiger partial charge in [0.05, 0.1) is 11.0 Å². The summed E-state index contributed by atoms with van der Waals surface area (Å²) in [6.07, 6.45) is -0.537. The molecule has 6 heteroatoms. The minimum Gasteiger partial charge on any atom is -0.410 e. The Morgan fingerprint density at radius 2 is 1.80 bits per heavy atom. The first-order chi connectivity index (χ1) is 9.70. The monoisotopic (exact) mass is 285 g/mol. The molecule has 100 valence electrons. The highest BCUT2D eigenvalue weighted by molar-refractivity contribution is 7.71. The Hall–Kier alpha value is -2.60. The molecule has 0 aliphatic carbocycles. The zero-order valence-electron chi connectivity index (χ0n) is 10.3. The van der Waals surface area contributed by atoms with Gasteiger partial charge in [-0.05, 0) is 42.5 Å². The molecule has 0 aliphatic heterocycles. The number of fused-ring (bicyclic) bond motifs is 1. The third-order valence-electron chi connectivity index (χ3n) is 2.72. The third kappa shape index (κ3) is 2.70. The van der Waals surface area contributed by atoms with Crippen LogP contribution in [0.1, 0.15) is 0 Å². The first-order valence-corrected chi connectivity index (χ1v) is 6.37. The second kappa shape index (κ2) is 5.18. The van der Waals surface area contributed by atoms with Crippen molar-refractivity contribution < 1.29 is 9.53 Å². The van der Waals surface area contributed by atoms with Crippen LogP contribution in [0.3, 0.4) is 0 Å². The van der Waals surface area contributed by atoms with Crippen LogP contribution in [0.4, 0.5) is 10.5 Å². The molecule has 3 aromatic rings. The molecule has 1 amide bonds. The van der Waals surface area contributed by atoms with Crippen molar-refractivity contribution in [3.8, 4) is 5.75 Å². The zero-order valence-corrected chi connectivity index (χ0v) is 11.2. The molecule has 0 radical (unpaired) electrons. The SMILES string of the molecule is O=C(Nc1ccc2[nH]c(=S)[nH]c2c1)Oc1ccccc1. The van der Waals surface area contributed by atoms with Crippen molar-refractivity contribution in [3.63, 3.8) is 0 Å². The fraction of sp³-hybridized carbons (Fsp3) is 0. The minimum atomic E-state index is -0.537. The molecular weight excluding hydrogens is 274 g/mol. The molecule has 2 aromatic carbocycles. The number of para-hydroxylation sites is 1. The number of carbonyl (C=O) groups excluding carboxylic acids is 1. The molecule has 20 heavy (non-hydrogen) atoms. The van der Waals surface area contributed by atoms with Gasteiger partial charge in [0.15, 0.2) is 4.77 Å². The Bertz CT molecular complexity index is 808. The molecular formula is C14H11N3O2S. The number of carbonyl (C=O) groups is 1. The van der Waals surface area contributed by atoms with Crippen molar-refractivity contribution in [1.82, 2.24) is 9.97 Å². The van der Waals surface area contributed by atoms with Gasteiger partial charge in [-0.3, -0.25) is 5.32 Å². The number of ether oxygens (including phenoxy) is 1. The first-order valence-electron chi connectivity index (χ1n) is 5.97. The highest BCUT2D eigenvalue weighted by atomic mass is 32.1. The summed E-state index contributed by atoms with van der Waals surface area (Å²) in [6.45, 7) is 0. The van der Waals surface area contributed by atoms with E-state index in [1.807, 2.05) is 12.1 Å². The molecule has 0 aliphatic rings. The summed E-state index contributed by atoms with van der Waals surface area (Å²) in [7, 11) is 0. The maximum atomic E-state index is 11.8. The molecule has 3 N–H and O–H groups in total. The third-order valence-corrected chi connectivity index (χ3v) is 2.92. The summed E-state index contributed by atoms with van der Waals surface area (Å²) in [6, 6.07) is 14.3. The maximum absolute atomic E-state index is 11.8. The number of benzene rings is 2. The van der Waals surface area contributed by atoms with E-state index < -0.39 is 6.09 Å². The van der Waals surface area contributed by atoms with Crippen LogP contribution in [0.25, 0.3) is 11.0 Å². The number of aromatic amines is 2. The Kier molecular flexibility index (Phi) is 3.22. The van der Waals surface area contributed by atoms with Gasteiger partial charge in [-0.1, -0.05) is 18.2 Å². The van der Waals surface area contributed by atoms with Gasteiger partial charge in [0.2, 0.25) is 0 Å². The van der Waals surface area contributed by atoms with Crippen LogP contribution < -0.4 is 10.1 Å². The van der Waals surface area contributed by atoms with Crippen LogP contribution in [-0.2, 0) is 0 Å². The van der Waals surface area contributed by atoms with E-state index in [0.29, 0.717) is 16.2 Å². The Morgan fingerprint density at radius 3 is 2.60 bits per heavy atom. The number of anilines is 1. The molecule has 1 aromatic heterocycles. The van der Waals surface area contributed by atoms with Crippen molar-refractivity contribution >= 4 is 35.0 Å². The smallest absolute Gasteiger partial charge is 0.410 e. The van der Waals surface area contributed by atoms with Crippen molar-refractivity contribution in [1.29, 1.82) is 0 Å². The van der Waals surface area contributed by atoms with E-state index in [2.05, 4.69) is 15.3 Å². The number of nitrogens with one attached hydrogen (secondary N) is 3. The number of hydrogen-bond acceptors (Lipinski definition) is 3. The fourth-order valence-electron chi connectivity index (χ4n) is 1.85. The van der Waals surface area contributed by atoms with Gasteiger partial charge in [-0.2, -0.15) is 0 Å². The van der Waals surface area contributed by atoms with E-state index in [9.17, 15) is 4.79 Å². The summed E-state index contributed by atoms with van der Waals surface area (Å²) < 4.78 is 5.69. The van der Waals surface area contributed by atoms with E-state index in [1.165, 1.54) is 0 Å². The van der Waals surface area contributed by atoms with Crippen molar-refractivity contribution in [2.45, 2.75) is 0 Å². The first kappa shape index (κ1) is 12.4. The Morgan fingerprint density at radius 1 is 1.05 bits per heavy atom. The normalized spacial score (nSPS) is 10.4. The van der Waals surface area contributed by atoms with Crippen molar-refractivity contribution in [3.05, 3.63) is 53.3 Å². The molecule has 0 spiro atoms. The van der Waals surface area contributed by atoms with Crippen LogP contribution in [0.15, 0.2) is 48.5 Å². The molecule has 0 bridgehead atoms. The summed E-state index contributed by atoms with van der Waals surface area (Å²) in [5, 5.41) is 2.66. The zero-order chi connectivity index (χ0) is 13.9. The summed E-state index contributed by atoms with van der Waals surface area (Å²) in [5.41, 5.74) is 2.34. The Balaban J connectivity index is 1.75. The maximum Gasteiger partial charge on any atom is 0.417 e. The van der Waals surface area contributed by atoms with Crippen molar-refractivity contribution in [2.75, 3.05) is 5.32 Å². The lowest BCUT2D eigenvalue weighted by Crippen LogP contribution is -2.16. The van der Waals surface area contributed by atoms with E-state index in [0.717, 1.165) is 11.0 Å². The second-order valence-corrected chi connectivity index (χ2v) is 4.58. The molecule has 1 heterocycles. The van der Waals surface area contributed by atoms with Crippen molar-refractivity contribution in [2.24, 2.45) is 0 Å². The topological polar surface area (TPSA) is 69.9 Å². The summed E-state index contributed by atoms with van der Waals surface area (Å²) in [4.78, 5) is 17.7. The highest BCUT2D eigenvalue weighted by Crippen LogP contribution is 2.17. The summed E-state index contributed by atoms with van der Waals surface area (Å²) in [5.74, 6) is 0.493. The second-order valence-electron chi connectivity index (χ2n) is 4.17. The van der Waals surface area contributed by atoms with Gasteiger partial charge in [0.25, 0.3) is 0 Å². The quantitative estimate of drug-likeness (QED) is 0.627. The highest BCUT2D eigenvalue weighted by Gasteiger charge is 2.06. The van der Waals surface area contributed by atoms with Gasteiger partial charge in [0, 0.05) is 5.69 Å². The molecule has 3 rings (SSSR count). The average Bonchev–Trinajstić information content (AvgIpc) is 2.79. The molecule has 0 saturated carbocycles. The van der Waals surface area contributed by atoms with Gasteiger partial charge >= 0.3 is 6.09 Å². The average molecular weight is 285 g/mol. The van der Waals surface area contributed by atoms with Crippen LogP contribution >= 0.6 is 12.2 Å². The molecule has 0 atom stereocenters. The molecule has 0 fully saturated rings. The lowest BCUT2D eigenvalue weighted by Gasteiger charge is -2.06. The van der Waals surface area contributed by atoms with Crippen LogP contribution in [0.2, 0.25) is 0 Å². The lowest BCUT2D eigenvalue weighted by molar-refractivity contribution is 0.215. The van der Waals surface area contributed by atoms with Gasteiger partial charge in [-0.15, -0.1) is 0 Å². The van der Waals surface area contributed by atoms with E-state index in [1.54, 1.807) is 36.4 Å². The number of H-pyrrole nitrogens is 2. The molecule has 5 nitrogen and oxygen atoms in total. The van der Waals surface area contributed by atoms with Gasteiger partial charge in [0.1, 0.15) is 5.75 Å². The molecule has 0 unspecified atom stereocenters. The Labute approximate surface area is 119 Å². The fourth-order valence-corrected chi connectivity index (χ4v) is 2.07. The molecule has 0 saturated heterocycles. The van der Waals surface area contributed by atoms with Crippen LogP contribution in [0.5, 0.6) is 5.75 Å². The number of aromatic nitrogens is 2. The van der Waals surface area contributed by atoms with Gasteiger partial charge < -0.3 is 14.7 Å². The van der Waals surface area contributed by atoms with Gasteiger partial charge in [-0.25, -0.2) is 4.79 Å². The predicted octanol–water partition coefficient (Wildman–Crippen LogP) is 3.84. The van der Waals surface area contributed by atoms with E-state index in [-0.39, 0.29) is 0 Å². The van der Waals surface area contributed by atoms with Crippen LogP contribution in [-0.4, -0.2) is 16.1 Å². The lowest BCUT2D eigenvalue weighted by atomic mass is 10.3. The number of imidazole rings is 1.